The lowest BCUT2D eigenvalue weighted by atomic mass is 10.2. The van der Waals surface area contributed by atoms with Crippen molar-refractivity contribution >= 4 is 11.2 Å². The van der Waals surface area contributed by atoms with Crippen LogP contribution in [0.4, 0.5) is 4.39 Å². The zero-order chi connectivity index (χ0) is 21.4. The van der Waals surface area contributed by atoms with Crippen LogP contribution in [-0.2, 0) is 27.2 Å². The highest BCUT2D eigenvalue weighted by atomic mass is 19.1. The first-order chi connectivity index (χ1) is 14.4. The summed E-state index contributed by atoms with van der Waals surface area (Å²) < 4.78 is 18.6. The molecule has 3 heterocycles. The molecular weight excluding hydrogens is 387 g/mol. The summed E-state index contributed by atoms with van der Waals surface area (Å²) in [7, 11) is 3.06. The van der Waals surface area contributed by atoms with Gasteiger partial charge in [0.1, 0.15) is 11.6 Å². The minimum atomic E-state index is -0.425. The van der Waals surface area contributed by atoms with Gasteiger partial charge in [0, 0.05) is 45.8 Å². The molecule has 0 saturated carbocycles. The number of aryl methyl sites for hydroxylation is 1. The predicted molar refractivity (Wildman–Crippen MR) is 113 cm³/mol. The second kappa shape index (κ2) is 8.16. The Morgan fingerprint density at radius 1 is 0.967 bits per heavy atom. The summed E-state index contributed by atoms with van der Waals surface area (Å²) >= 11 is 0. The van der Waals surface area contributed by atoms with Crippen LogP contribution in [0, 0.1) is 5.82 Å². The molecule has 0 amide bonds. The van der Waals surface area contributed by atoms with Crippen molar-refractivity contribution in [2.75, 3.05) is 32.7 Å². The van der Waals surface area contributed by atoms with Crippen molar-refractivity contribution in [1.29, 1.82) is 0 Å². The van der Waals surface area contributed by atoms with E-state index in [-0.39, 0.29) is 12.4 Å². The third kappa shape index (κ3) is 3.59. The standard InChI is InChI=1S/C21H27FN6O2/c1-4-26-9-11-27(12-10-26)14-17-23-19-18(20(29)25(3)21(30)24(19)2)28(17)13-15-7-5-6-8-16(15)22/h5-8H,4,9-14H2,1-3H3. The van der Waals surface area contributed by atoms with Crippen LogP contribution in [0.25, 0.3) is 11.2 Å². The van der Waals surface area contributed by atoms with Gasteiger partial charge in [-0.05, 0) is 12.6 Å². The quantitative estimate of drug-likeness (QED) is 0.617. The maximum Gasteiger partial charge on any atom is 0.332 e. The van der Waals surface area contributed by atoms with Gasteiger partial charge in [0.25, 0.3) is 5.56 Å². The first-order valence-corrected chi connectivity index (χ1v) is 10.2. The second-order valence-corrected chi connectivity index (χ2v) is 7.79. The van der Waals surface area contributed by atoms with Crippen molar-refractivity contribution in [2.45, 2.75) is 20.0 Å². The van der Waals surface area contributed by atoms with Gasteiger partial charge in [0.15, 0.2) is 11.2 Å². The lowest BCUT2D eigenvalue weighted by Gasteiger charge is -2.33. The summed E-state index contributed by atoms with van der Waals surface area (Å²) in [6.45, 7) is 7.65. The normalized spacial score (nSPS) is 15.9. The van der Waals surface area contributed by atoms with Gasteiger partial charge in [-0.1, -0.05) is 25.1 Å². The summed E-state index contributed by atoms with van der Waals surface area (Å²) in [5, 5.41) is 0. The van der Waals surface area contributed by atoms with Crippen molar-refractivity contribution < 1.29 is 4.39 Å². The van der Waals surface area contributed by atoms with Gasteiger partial charge in [-0.2, -0.15) is 0 Å². The first-order valence-electron chi connectivity index (χ1n) is 10.2. The van der Waals surface area contributed by atoms with Crippen LogP contribution in [0.3, 0.4) is 0 Å². The minimum absolute atomic E-state index is 0.181. The molecule has 0 atom stereocenters. The van der Waals surface area contributed by atoms with Gasteiger partial charge < -0.3 is 9.47 Å². The van der Waals surface area contributed by atoms with Crippen LogP contribution in [0.2, 0.25) is 0 Å². The van der Waals surface area contributed by atoms with Crippen molar-refractivity contribution in [3.05, 3.63) is 62.3 Å². The number of imidazole rings is 1. The average Bonchev–Trinajstić information content (AvgIpc) is 3.11. The first kappa shape index (κ1) is 20.5. The molecule has 0 aliphatic carbocycles. The van der Waals surface area contributed by atoms with Crippen LogP contribution in [-0.4, -0.2) is 61.2 Å². The fraction of sp³-hybridized carbons (Fsp3) is 0.476. The zero-order valence-corrected chi connectivity index (χ0v) is 17.6. The maximum atomic E-state index is 14.4. The second-order valence-electron chi connectivity index (χ2n) is 7.79. The maximum absolute atomic E-state index is 14.4. The summed E-state index contributed by atoms with van der Waals surface area (Å²) in [5.74, 6) is 0.333. The van der Waals surface area contributed by atoms with E-state index in [0.29, 0.717) is 29.1 Å². The number of aromatic nitrogens is 4. The molecule has 1 fully saturated rings. The van der Waals surface area contributed by atoms with E-state index in [2.05, 4.69) is 21.7 Å². The lowest BCUT2D eigenvalue weighted by Crippen LogP contribution is -2.45. The van der Waals surface area contributed by atoms with E-state index in [1.54, 1.807) is 29.8 Å². The third-order valence-electron chi connectivity index (χ3n) is 5.99. The molecule has 0 spiro atoms. The number of hydrogen-bond donors (Lipinski definition) is 0. The number of benzene rings is 1. The number of fused-ring (bicyclic) bond motifs is 1. The van der Waals surface area contributed by atoms with Crippen LogP contribution in [0.5, 0.6) is 0 Å². The molecule has 0 unspecified atom stereocenters. The highest BCUT2D eigenvalue weighted by Crippen LogP contribution is 2.18. The SMILES string of the molecule is CCN1CCN(Cc2nc3c(c(=O)n(C)c(=O)n3C)n2Cc2ccccc2F)CC1. The van der Waals surface area contributed by atoms with Crippen molar-refractivity contribution in [2.24, 2.45) is 14.1 Å². The van der Waals surface area contributed by atoms with Gasteiger partial charge in [-0.15, -0.1) is 0 Å². The van der Waals surface area contributed by atoms with Crippen molar-refractivity contribution in [3.8, 4) is 0 Å². The molecule has 160 valence electrons. The van der Waals surface area contributed by atoms with Gasteiger partial charge in [-0.25, -0.2) is 14.2 Å². The molecule has 0 N–H and O–H groups in total. The Hall–Kier alpha value is -2.78. The van der Waals surface area contributed by atoms with Crippen molar-refractivity contribution in [3.63, 3.8) is 0 Å². The number of piperazine rings is 1. The van der Waals surface area contributed by atoms with E-state index in [0.717, 1.165) is 37.3 Å². The molecular formula is C21H27FN6O2. The molecule has 30 heavy (non-hydrogen) atoms. The van der Waals surface area contributed by atoms with E-state index in [9.17, 15) is 14.0 Å². The number of nitrogens with zero attached hydrogens (tertiary/aromatic N) is 6. The van der Waals surface area contributed by atoms with Gasteiger partial charge in [-0.3, -0.25) is 18.8 Å². The molecule has 1 saturated heterocycles. The van der Waals surface area contributed by atoms with Gasteiger partial charge in [0.2, 0.25) is 0 Å². The lowest BCUT2D eigenvalue weighted by molar-refractivity contribution is 0.128. The third-order valence-corrected chi connectivity index (χ3v) is 5.99. The van der Waals surface area contributed by atoms with Gasteiger partial charge in [0.05, 0.1) is 13.1 Å². The Kier molecular flexibility index (Phi) is 5.57. The van der Waals surface area contributed by atoms with E-state index in [1.165, 1.54) is 17.7 Å². The van der Waals surface area contributed by atoms with Crippen LogP contribution < -0.4 is 11.2 Å². The summed E-state index contributed by atoms with van der Waals surface area (Å²) in [5.41, 5.74) is 0.293. The Balaban J connectivity index is 1.81. The van der Waals surface area contributed by atoms with Crippen molar-refractivity contribution in [1.82, 2.24) is 28.5 Å². The minimum Gasteiger partial charge on any atom is -0.316 e. The Morgan fingerprint density at radius 3 is 2.30 bits per heavy atom. The smallest absolute Gasteiger partial charge is 0.316 e. The monoisotopic (exact) mass is 414 g/mol. The van der Waals surface area contributed by atoms with Crippen LogP contribution in [0.1, 0.15) is 18.3 Å². The summed E-state index contributed by atoms with van der Waals surface area (Å²) in [4.78, 5) is 34.7. The molecule has 3 aromatic rings. The molecule has 2 aromatic heterocycles. The Morgan fingerprint density at radius 2 is 1.63 bits per heavy atom. The molecule has 4 rings (SSSR count). The largest absolute Gasteiger partial charge is 0.332 e. The molecule has 0 radical (unpaired) electrons. The summed E-state index contributed by atoms with van der Waals surface area (Å²) in [6, 6.07) is 6.53. The fourth-order valence-electron chi connectivity index (χ4n) is 4.04. The van der Waals surface area contributed by atoms with Crippen LogP contribution >= 0.6 is 0 Å². The average molecular weight is 414 g/mol. The molecule has 1 aliphatic heterocycles. The fourth-order valence-corrected chi connectivity index (χ4v) is 4.04. The molecule has 8 nitrogen and oxygen atoms in total. The molecule has 0 bridgehead atoms. The number of halogens is 1. The van der Waals surface area contributed by atoms with E-state index in [1.807, 2.05) is 0 Å². The predicted octanol–water partition coefficient (Wildman–Crippen LogP) is 0.759. The van der Waals surface area contributed by atoms with E-state index in [4.69, 9.17) is 0 Å². The number of rotatable bonds is 5. The number of likely N-dealkylation sites (N-methyl/N-ethyl adjacent to an activating group) is 1. The highest BCUT2D eigenvalue weighted by Gasteiger charge is 2.23. The van der Waals surface area contributed by atoms with E-state index >= 15 is 0 Å². The van der Waals surface area contributed by atoms with Gasteiger partial charge >= 0.3 is 5.69 Å². The molecule has 1 aromatic carbocycles. The number of hydrogen-bond acceptors (Lipinski definition) is 5. The summed E-state index contributed by atoms with van der Waals surface area (Å²) in [6.07, 6.45) is 0. The highest BCUT2D eigenvalue weighted by molar-refractivity contribution is 5.71. The Bertz CT molecular complexity index is 1190. The van der Waals surface area contributed by atoms with Crippen LogP contribution in [0.15, 0.2) is 33.9 Å². The molecule has 1 aliphatic rings. The topological polar surface area (TPSA) is 68.3 Å². The Labute approximate surface area is 173 Å². The molecule has 9 heteroatoms. The zero-order valence-electron chi connectivity index (χ0n) is 17.6. The van der Waals surface area contributed by atoms with E-state index < -0.39 is 11.2 Å².